The highest BCUT2D eigenvalue weighted by Crippen LogP contribution is 2.70. The molecule has 0 aliphatic heterocycles. The van der Waals surface area contributed by atoms with Gasteiger partial charge in [-0.05, 0) is 47.5 Å². The molecule has 0 saturated heterocycles. The lowest BCUT2D eigenvalue weighted by molar-refractivity contribution is -0.146. The molecule has 9 atom stereocenters. The minimum Gasteiger partial charge on any atom is -0.469 e. The van der Waals surface area contributed by atoms with Crippen molar-refractivity contribution < 1.29 is 34.4 Å². The molecule has 7 heteroatoms. The molecular weight excluding hydrogens is 484 g/mol. The highest BCUT2D eigenvalue weighted by atomic mass is 16.5. The predicted octanol–water partition coefficient (Wildman–Crippen LogP) is 3.93. The van der Waals surface area contributed by atoms with Gasteiger partial charge in [-0.15, -0.1) is 0 Å². The largest absolute Gasteiger partial charge is 0.469 e. The van der Waals surface area contributed by atoms with Crippen molar-refractivity contribution in [1.82, 2.24) is 0 Å². The molecule has 0 aromatic rings. The molecule has 4 aliphatic carbocycles. The molecule has 4 aliphatic rings. The van der Waals surface area contributed by atoms with Gasteiger partial charge in [0.1, 0.15) is 5.78 Å². The lowest BCUT2D eigenvalue weighted by Gasteiger charge is -2.62. The summed E-state index contributed by atoms with van der Waals surface area (Å²) < 4.78 is 4.75. The van der Waals surface area contributed by atoms with Crippen LogP contribution in [0.25, 0.3) is 0 Å². The minimum atomic E-state index is -0.913. The molecule has 0 heterocycles. The summed E-state index contributed by atoms with van der Waals surface area (Å²) in [5, 5.41) is 34.1. The number of esters is 1. The van der Waals surface area contributed by atoms with Crippen LogP contribution in [0.15, 0.2) is 22.8 Å². The summed E-state index contributed by atoms with van der Waals surface area (Å²) in [7, 11) is 1.31. The van der Waals surface area contributed by atoms with Crippen LogP contribution in [-0.4, -0.2) is 58.3 Å². The number of allylic oxidation sites excluding steroid dienone is 2. The van der Waals surface area contributed by atoms with E-state index in [0.717, 1.165) is 5.57 Å². The van der Waals surface area contributed by atoms with Crippen molar-refractivity contribution in [2.24, 2.45) is 39.4 Å². The van der Waals surface area contributed by atoms with Gasteiger partial charge in [-0.2, -0.15) is 0 Å². The van der Waals surface area contributed by atoms with Crippen molar-refractivity contribution in [3.8, 4) is 0 Å². The molecule has 4 rings (SSSR count). The number of ether oxygens (including phenoxy) is 1. The summed E-state index contributed by atoms with van der Waals surface area (Å²) in [4.78, 5) is 38.8. The summed E-state index contributed by atoms with van der Waals surface area (Å²) in [6, 6.07) is 0. The van der Waals surface area contributed by atoms with E-state index in [9.17, 15) is 29.7 Å². The van der Waals surface area contributed by atoms with Crippen molar-refractivity contribution in [3.05, 3.63) is 22.8 Å². The van der Waals surface area contributed by atoms with E-state index in [1.54, 1.807) is 13.0 Å². The molecule has 0 spiro atoms. The lowest BCUT2D eigenvalue weighted by Crippen LogP contribution is -2.61. The van der Waals surface area contributed by atoms with Gasteiger partial charge in [-0.3, -0.25) is 14.4 Å². The molecule has 212 valence electrons. The smallest absolute Gasteiger partial charge is 0.308 e. The molecule has 7 nitrogen and oxygen atoms in total. The van der Waals surface area contributed by atoms with Gasteiger partial charge in [0.15, 0.2) is 5.78 Å². The number of hydrogen-bond donors (Lipinski definition) is 3. The topological polar surface area (TPSA) is 121 Å². The zero-order chi connectivity index (χ0) is 28.6. The first-order chi connectivity index (χ1) is 17.5. The average Bonchev–Trinajstić information content (AvgIpc) is 3.03. The lowest BCUT2D eigenvalue weighted by atomic mass is 9.42. The fourth-order valence-electron chi connectivity index (χ4n) is 8.96. The number of carbonyl (C=O) groups excluding carboxylic acids is 3. The molecule has 1 unspecified atom stereocenters. The van der Waals surface area contributed by atoms with Gasteiger partial charge >= 0.3 is 5.97 Å². The number of fused-ring (bicyclic) bond motifs is 4. The van der Waals surface area contributed by atoms with E-state index in [1.807, 2.05) is 34.6 Å². The fourth-order valence-corrected chi connectivity index (χ4v) is 8.96. The first kappa shape index (κ1) is 29.2. The molecule has 0 radical (unpaired) electrons. The Bertz CT molecular complexity index is 1100. The summed E-state index contributed by atoms with van der Waals surface area (Å²) in [5.74, 6) is -1.33. The first-order valence-electron chi connectivity index (χ1n) is 14.1. The maximum atomic E-state index is 14.1. The Hall–Kier alpha value is -1.83. The Morgan fingerprint density at radius 3 is 2.32 bits per heavy atom. The Balaban J connectivity index is 1.72. The molecule has 1 saturated carbocycles. The van der Waals surface area contributed by atoms with Crippen LogP contribution in [-0.2, 0) is 19.1 Å². The average molecular weight is 531 g/mol. The molecule has 1 fully saturated rings. The van der Waals surface area contributed by atoms with E-state index in [1.165, 1.54) is 7.11 Å². The Labute approximate surface area is 226 Å². The van der Waals surface area contributed by atoms with Gasteiger partial charge in [0.25, 0.3) is 0 Å². The minimum absolute atomic E-state index is 0.00347. The van der Waals surface area contributed by atoms with Gasteiger partial charge in [0.2, 0.25) is 0 Å². The van der Waals surface area contributed by atoms with Gasteiger partial charge in [-0.1, -0.05) is 60.1 Å². The Morgan fingerprint density at radius 1 is 1.08 bits per heavy atom. The van der Waals surface area contributed by atoms with Gasteiger partial charge in [0, 0.05) is 35.7 Å². The molecule has 0 bridgehead atoms. The number of aliphatic hydroxyl groups excluding tert-OH is 3. The quantitative estimate of drug-likeness (QED) is 0.351. The van der Waals surface area contributed by atoms with Crippen molar-refractivity contribution >= 4 is 17.5 Å². The van der Waals surface area contributed by atoms with Crippen LogP contribution < -0.4 is 0 Å². The van der Waals surface area contributed by atoms with Crippen LogP contribution in [0, 0.1) is 39.4 Å². The maximum absolute atomic E-state index is 14.1. The van der Waals surface area contributed by atoms with Crippen LogP contribution >= 0.6 is 0 Å². The zero-order valence-electron chi connectivity index (χ0n) is 24.3. The van der Waals surface area contributed by atoms with Crippen LogP contribution in [0.2, 0.25) is 0 Å². The second-order valence-electron chi connectivity index (χ2n) is 13.9. The maximum Gasteiger partial charge on any atom is 0.308 e. The van der Waals surface area contributed by atoms with Crippen molar-refractivity contribution in [2.75, 3.05) is 7.11 Å². The van der Waals surface area contributed by atoms with Gasteiger partial charge in [0.05, 0.1) is 31.3 Å². The van der Waals surface area contributed by atoms with Crippen LogP contribution in [0.5, 0.6) is 0 Å². The number of ketones is 2. The van der Waals surface area contributed by atoms with Crippen molar-refractivity contribution in [2.45, 2.75) is 105 Å². The van der Waals surface area contributed by atoms with Crippen LogP contribution in [0.4, 0.5) is 0 Å². The summed E-state index contributed by atoms with van der Waals surface area (Å²) in [6.45, 7) is 13.7. The Morgan fingerprint density at radius 2 is 1.71 bits per heavy atom. The predicted molar refractivity (Wildman–Crippen MR) is 143 cm³/mol. The van der Waals surface area contributed by atoms with Crippen LogP contribution in [0.3, 0.4) is 0 Å². The molecule has 0 aromatic carbocycles. The van der Waals surface area contributed by atoms with Gasteiger partial charge < -0.3 is 20.1 Å². The van der Waals surface area contributed by atoms with E-state index >= 15 is 0 Å². The van der Waals surface area contributed by atoms with Crippen LogP contribution in [0.1, 0.15) is 87.0 Å². The second-order valence-corrected chi connectivity index (χ2v) is 13.9. The van der Waals surface area contributed by atoms with Crippen molar-refractivity contribution in [1.29, 1.82) is 0 Å². The molecular formula is C31H46O7. The number of aliphatic hydroxyl groups is 3. The third-order valence-corrected chi connectivity index (χ3v) is 11.4. The SMILES string of the molecule is COC(=O)C(C)CC(=O)C[C@@H](C)C1=C[C@@H](O)[C@@]2(C)C3=C(C(=O)C[C@]12C)[C@@]1(C)CC[C@H](O)C(C)(C)[C@@H]1C[C@@H]3O. The number of methoxy groups -OCH3 is 1. The highest BCUT2D eigenvalue weighted by molar-refractivity contribution is 6.00. The summed E-state index contributed by atoms with van der Waals surface area (Å²) in [6.07, 6.45) is 1.64. The van der Waals surface area contributed by atoms with E-state index < -0.39 is 51.9 Å². The monoisotopic (exact) mass is 530 g/mol. The normalized spacial score (nSPS) is 41.4. The summed E-state index contributed by atoms with van der Waals surface area (Å²) >= 11 is 0. The molecule has 38 heavy (non-hydrogen) atoms. The van der Waals surface area contributed by atoms with E-state index in [-0.39, 0.29) is 42.7 Å². The number of hydrogen-bond acceptors (Lipinski definition) is 7. The van der Waals surface area contributed by atoms with E-state index in [4.69, 9.17) is 4.74 Å². The number of carbonyl (C=O) groups is 3. The number of rotatable bonds is 6. The van der Waals surface area contributed by atoms with Gasteiger partial charge in [-0.25, -0.2) is 0 Å². The fraction of sp³-hybridized carbons (Fsp3) is 0.774. The molecule has 0 amide bonds. The third-order valence-electron chi connectivity index (χ3n) is 11.4. The first-order valence-corrected chi connectivity index (χ1v) is 14.1. The number of Topliss-reactive ketones (excluding diaryl/α,β-unsaturated/α-hetero) is 2. The van der Waals surface area contributed by atoms with Crippen molar-refractivity contribution in [3.63, 3.8) is 0 Å². The standard InChI is InChI=1S/C31H46O7/c1-16(11-18(32)12-17(2)27(37)38-8)19-13-24(36)31(7)26-20(33)14-22-28(3,4)23(35)9-10-29(22,5)25(26)21(34)15-30(19,31)6/h13,16-17,20,22-24,33,35-36H,9-12,14-15H2,1-8H3/t16-,17?,20+,22+,23+,24-,29+,30-,31+/m1/s1. The van der Waals surface area contributed by atoms with E-state index in [2.05, 4.69) is 6.92 Å². The zero-order valence-corrected chi connectivity index (χ0v) is 24.3. The second kappa shape index (κ2) is 9.38. The van der Waals surface area contributed by atoms with E-state index in [0.29, 0.717) is 30.4 Å². The highest BCUT2D eigenvalue weighted by Gasteiger charge is 2.68. The summed E-state index contributed by atoms with van der Waals surface area (Å²) in [5.41, 5.74) is -0.427. The molecule has 0 aromatic heterocycles. The Kier molecular flexibility index (Phi) is 7.20. The third kappa shape index (κ3) is 3.90. The molecule has 3 N–H and O–H groups in total.